The molecule has 1 amide bonds. The summed E-state index contributed by atoms with van der Waals surface area (Å²) < 4.78 is 0. The van der Waals surface area contributed by atoms with Crippen LogP contribution in [0.4, 0.5) is 0 Å². The van der Waals surface area contributed by atoms with Gasteiger partial charge in [-0.25, -0.2) is 4.79 Å². The first kappa shape index (κ1) is 17.7. The van der Waals surface area contributed by atoms with Gasteiger partial charge < -0.3 is 15.2 Å². The van der Waals surface area contributed by atoms with Gasteiger partial charge in [0.25, 0.3) is 0 Å². The van der Waals surface area contributed by atoms with Crippen molar-refractivity contribution >= 4 is 5.91 Å². The third-order valence-corrected chi connectivity index (χ3v) is 4.65. The molecule has 0 bridgehead atoms. The Hall–Kier alpha value is -1.69. The van der Waals surface area contributed by atoms with Crippen LogP contribution in [0.2, 0.25) is 0 Å². The molecule has 0 spiro atoms. The second kappa shape index (κ2) is 8.24. The number of likely N-dealkylation sites (tertiary alicyclic amines) is 1. The van der Waals surface area contributed by atoms with E-state index in [9.17, 15) is 9.59 Å². The van der Waals surface area contributed by atoms with E-state index < -0.39 is 0 Å². The smallest absolute Gasteiger partial charge is 0.345 e. The van der Waals surface area contributed by atoms with E-state index in [-0.39, 0.29) is 11.6 Å². The summed E-state index contributed by atoms with van der Waals surface area (Å²) >= 11 is 0. The Morgan fingerprint density at radius 3 is 2.91 bits per heavy atom. The summed E-state index contributed by atoms with van der Waals surface area (Å²) in [4.78, 5) is 32.2. The van der Waals surface area contributed by atoms with E-state index in [1.54, 1.807) is 0 Å². The molecule has 6 nitrogen and oxygen atoms in total. The van der Waals surface area contributed by atoms with Crippen LogP contribution in [0.15, 0.2) is 4.79 Å². The van der Waals surface area contributed by atoms with Gasteiger partial charge in [0, 0.05) is 30.9 Å². The molecule has 0 saturated carbocycles. The molecule has 1 aliphatic rings. The lowest BCUT2D eigenvalue weighted by atomic mass is 9.95. The van der Waals surface area contributed by atoms with Gasteiger partial charge >= 0.3 is 5.69 Å². The molecule has 0 aliphatic carbocycles. The van der Waals surface area contributed by atoms with E-state index in [1.165, 1.54) is 19.4 Å². The zero-order valence-electron chi connectivity index (χ0n) is 14.4. The second-order valence-electron chi connectivity index (χ2n) is 6.64. The van der Waals surface area contributed by atoms with Crippen molar-refractivity contribution in [3.8, 4) is 0 Å². The Balaban J connectivity index is 1.72. The van der Waals surface area contributed by atoms with Crippen molar-refractivity contribution in [3.05, 3.63) is 27.4 Å². The van der Waals surface area contributed by atoms with Gasteiger partial charge in [-0.15, -0.1) is 0 Å². The van der Waals surface area contributed by atoms with Crippen LogP contribution in [0, 0.1) is 19.8 Å². The summed E-state index contributed by atoms with van der Waals surface area (Å²) in [5.41, 5.74) is 2.16. The van der Waals surface area contributed by atoms with E-state index in [4.69, 9.17) is 0 Å². The predicted octanol–water partition coefficient (Wildman–Crippen LogP) is 1.17. The van der Waals surface area contributed by atoms with E-state index in [0.29, 0.717) is 24.5 Å². The number of H-pyrrole nitrogens is 1. The molecule has 0 radical (unpaired) electrons. The Labute approximate surface area is 137 Å². The highest BCUT2D eigenvalue weighted by atomic mass is 16.1. The molecule has 2 heterocycles. The average molecular weight is 320 g/mol. The van der Waals surface area contributed by atoms with Crippen LogP contribution in [0.3, 0.4) is 0 Å². The fourth-order valence-electron chi connectivity index (χ4n) is 3.37. The monoisotopic (exact) mass is 320 g/mol. The van der Waals surface area contributed by atoms with Crippen LogP contribution >= 0.6 is 0 Å². The zero-order chi connectivity index (χ0) is 16.8. The molecule has 1 saturated heterocycles. The van der Waals surface area contributed by atoms with Crippen molar-refractivity contribution in [2.45, 2.75) is 46.0 Å². The average Bonchev–Trinajstić information content (AvgIpc) is 2.46. The number of nitrogens with zero attached hydrogens (tertiary/aromatic N) is 2. The second-order valence-corrected chi connectivity index (χ2v) is 6.64. The summed E-state index contributed by atoms with van der Waals surface area (Å²) in [7, 11) is 2.16. The van der Waals surface area contributed by atoms with Crippen LogP contribution in [0.1, 0.15) is 42.6 Å². The quantitative estimate of drug-likeness (QED) is 0.825. The summed E-state index contributed by atoms with van der Waals surface area (Å²) in [5.74, 6) is 0.765. The van der Waals surface area contributed by atoms with Gasteiger partial charge in [0.05, 0.1) is 0 Å². The molecule has 1 fully saturated rings. The number of rotatable bonds is 6. The minimum Gasteiger partial charge on any atom is -0.356 e. The SMILES string of the molecule is Cc1nc(=O)[nH]c(C)c1CCC(=O)NCC[C@@H]1CCCN(C)C1. The third-order valence-electron chi connectivity index (χ3n) is 4.65. The fraction of sp³-hybridized carbons (Fsp3) is 0.706. The number of piperidine rings is 1. The normalized spacial score (nSPS) is 18.8. The zero-order valence-corrected chi connectivity index (χ0v) is 14.4. The molecule has 1 aromatic rings. The van der Waals surface area contributed by atoms with E-state index >= 15 is 0 Å². The Morgan fingerprint density at radius 2 is 2.22 bits per heavy atom. The maximum atomic E-state index is 12.0. The van der Waals surface area contributed by atoms with Crippen molar-refractivity contribution in [2.75, 3.05) is 26.7 Å². The summed E-state index contributed by atoms with van der Waals surface area (Å²) in [5, 5.41) is 3.02. The maximum Gasteiger partial charge on any atom is 0.345 e. The lowest BCUT2D eigenvalue weighted by Crippen LogP contribution is -2.34. The highest BCUT2D eigenvalue weighted by molar-refractivity contribution is 5.76. The number of aromatic amines is 1. The molecule has 23 heavy (non-hydrogen) atoms. The van der Waals surface area contributed by atoms with Gasteiger partial charge in [0.2, 0.25) is 5.91 Å². The lowest BCUT2D eigenvalue weighted by Gasteiger charge is -2.29. The molecule has 0 unspecified atom stereocenters. The molecule has 0 aromatic carbocycles. The topological polar surface area (TPSA) is 78.1 Å². The molecule has 1 atom stereocenters. The number of carbonyl (C=O) groups excluding carboxylic acids is 1. The molecular formula is C17H28N4O2. The molecule has 1 aliphatic heterocycles. The van der Waals surface area contributed by atoms with E-state index in [1.807, 2.05) is 13.8 Å². The maximum absolute atomic E-state index is 12.0. The van der Waals surface area contributed by atoms with Gasteiger partial charge in [0.1, 0.15) is 0 Å². The molecule has 2 N–H and O–H groups in total. The predicted molar refractivity (Wildman–Crippen MR) is 90.5 cm³/mol. The van der Waals surface area contributed by atoms with Gasteiger partial charge in [-0.05, 0) is 64.6 Å². The minimum atomic E-state index is -0.328. The number of carbonyl (C=O) groups is 1. The van der Waals surface area contributed by atoms with Crippen molar-refractivity contribution in [1.82, 2.24) is 20.2 Å². The first-order valence-corrected chi connectivity index (χ1v) is 8.47. The molecule has 1 aromatic heterocycles. The van der Waals surface area contributed by atoms with Gasteiger partial charge in [0.15, 0.2) is 0 Å². The van der Waals surface area contributed by atoms with Crippen LogP contribution in [-0.4, -0.2) is 47.5 Å². The van der Waals surface area contributed by atoms with Crippen LogP contribution < -0.4 is 11.0 Å². The number of hydrogen-bond donors (Lipinski definition) is 2. The summed E-state index contributed by atoms with van der Waals surface area (Å²) in [6.07, 6.45) is 4.61. The third kappa shape index (κ3) is 5.46. The summed E-state index contributed by atoms with van der Waals surface area (Å²) in [6, 6.07) is 0. The van der Waals surface area contributed by atoms with Gasteiger partial charge in [-0.1, -0.05) is 0 Å². The number of aromatic nitrogens is 2. The van der Waals surface area contributed by atoms with Crippen LogP contribution in [0.5, 0.6) is 0 Å². The van der Waals surface area contributed by atoms with E-state index in [0.717, 1.165) is 30.8 Å². The van der Waals surface area contributed by atoms with Crippen molar-refractivity contribution < 1.29 is 4.79 Å². The van der Waals surface area contributed by atoms with E-state index in [2.05, 4.69) is 27.2 Å². The highest BCUT2D eigenvalue weighted by Gasteiger charge is 2.17. The van der Waals surface area contributed by atoms with Crippen molar-refractivity contribution in [3.63, 3.8) is 0 Å². The standard InChI is InChI=1S/C17H28N4O2/c1-12-15(13(2)20-17(23)19-12)6-7-16(22)18-9-8-14-5-4-10-21(3)11-14/h14H,4-11H2,1-3H3,(H,18,22)(H,19,20,23)/t14-/m0/s1. The highest BCUT2D eigenvalue weighted by Crippen LogP contribution is 2.17. The Kier molecular flexibility index (Phi) is 6.33. The van der Waals surface area contributed by atoms with Gasteiger partial charge in [-0.3, -0.25) is 4.79 Å². The Morgan fingerprint density at radius 1 is 1.43 bits per heavy atom. The summed E-state index contributed by atoms with van der Waals surface area (Å²) in [6.45, 7) is 6.74. The number of nitrogens with one attached hydrogen (secondary N) is 2. The van der Waals surface area contributed by atoms with Crippen molar-refractivity contribution in [2.24, 2.45) is 5.92 Å². The first-order chi connectivity index (χ1) is 11.0. The van der Waals surface area contributed by atoms with Crippen LogP contribution in [-0.2, 0) is 11.2 Å². The molecular weight excluding hydrogens is 292 g/mol. The lowest BCUT2D eigenvalue weighted by molar-refractivity contribution is -0.121. The molecule has 2 rings (SSSR count). The first-order valence-electron chi connectivity index (χ1n) is 8.47. The number of hydrogen-bond acceptors (Lipinski definition) is 4. The number of aryl methyl sites for hydroxylation is 2. The number of amides is 1. The minimum absolute atomic E-state index is 0.0687. The largest absolute Gasteiger partial charge is 0.356 e. The Bertz CT molecular complexity index is 570. The van der Waals surface area contributed by atoms with Crippen LogP contribution in [0.25, 0.3) is 0 Å². The van der Waals surface area contributed by atoms with Crippen molar-refractivity contribution in [1.29, 1.82) is 0 Å². The molecule has 128 valence electrons. The molecule has 6 heteroatoms. The fourth-order valence-corrected chi connectivity index (χ4v) is 3.37. The van der Waals surface area contributed by atoms with Gasteiger partial charge in [-0.2, -0.15) is 4.98 Å².